The predicted molar refractivity (Wildman–Crippen MR) is 101 cm³/mol. The summed E-state index contributed by atoms with van der Waals surface area (Å²) in [6.45, 7) is 4.34. The molecule has 27 heavy (non-hydrogen) atoms. The minimum Gasteiger partial charge on any atom is -0.486 e. The maximum atomic E-state index is 12.9. The zero-order valence-corrected chi connectivity index (χ0v) is 15.9. The summed E-state index contributed by atoms with van der Waals surface area (Å²) in [6, 6.07) is 8.91. The van der Waals surface area contributed by atoms with Crippen LogP contribution in [-0.4, -0.2) is 16.1 Å². The standard InChI is InChI=1S/C19H20FN3O3S/c1-3-12(4-2)18-22-23-19(27-18)21-17(24)16-10-9-15(26-16)11-25-14-7-5-13(20)6-8-14/h5-10,12H,3-4,11H2,1-2H3,(H,21,23,24). The number of amides is 1. The highest BCUT2D eigenvalue weighted by atomic mass is 32.1. The highest BCUT2D eigenvalue weighted by Crippen LogP contribution is 2.28. The number of nitrogens with one attached hydrogen (secondary N) is 1. The Hall–Kier alpha value is -2.74. The molecule has 0 saturated heterocycles. The van der Waals surface area contributed by atoms with Gasteiger partial charge in [0.05, 0.1) is 0 Å². The van der Waals surface area contributed by atoms with Crippen molar-refractivity contribution in [3.63, 3.8) is 0 Å². The summed E-state index contributed by atoms with van der Waals surface area (Å²) in [5, 5.41) is 12.3. The number of rotatable bonds is 8. The topological polar surface area (TPSA) is 77.2 Å². The number of nitrogens with zero attached hydrogens (tertiary/aromatic N) is 2. The lowest BCUT2D eigenvalue weighted by molar-refractivity contribution is 0.0992. The fourth-order valence-corrected chi connectivity index (χ4v) is 3.51. The second kappa shape index (κ2) is 8.77. The molecule has 0 bridgehead atoms. The molecule has 0 saturated carbocycles. The monoisotopic (exact) mass is 389 g/mol. The van der Waals surface area contributed by atoms with Crippen molar-refractivity contribution in [3.8, 4) is 5.75 Å². The Morgan fingerprint density at radius 2 is 1.93 bits per heavy atom. The van der Waals surface area contributed by atoms with E-state index in [9.17, 15) is 9.18 Å². The third-order valence-corrected chi connectivity index (χ3v) is 5.08. The van der Waals surface area contributed by atoms with Crippen LogP contribution >= 0.6 is 11.3 Å². The Kier molecular flexibility index (Phi) is 6.18. The predicted octanol–water partition coefficient (Wildman–Crippen LogP) is 5.01. The van der Waals surface area contributed by atoms with Crippen molar-refractivity contribution < 1.29 is 18.3 Å². The van der Waals surface area contributed by atoms with E-state index in [1.54, 1.807) is 12.1 Å². The van der Waals surface area contributed by atoms with Crippen LogP contribution in [0.4, 0.5) is 9.52 Å². The van der Waals surface area contributed by atoms with Gasteiger partial charge in [-0.05, 0) is 49.2 Å². The molecule has 1 aromatic carbocycles. The van der Waals surface area contributed by atoms with Gasteiger partial charge in [-0.25, -0.2) is 4.39 Å². The summed E-state index contributed by atoms with van der Waals surface area (Å²) in [4.78, 5) is 12.3. The number of hydrogen-bond donors (Lipinski definition) is 1. The maximum Gasteiger partial charge on any atom is 0.293 e. The van der Waals surface area contributed by atoms with Gasteiger partial charge in [0.1, 0.15) is 28.9 Å². The van der Waals surface area contributed by atoms with Gasteiger partial charge in [0, 0.05) is 5.92 Å². The molecule has 0 aliphatic rings. The number of halogens is 1. The summed E-state index contributed by atoms with van der Waals surface area (Å²) < 4.78 is 23.9. The lowest BCUT2D eigenvalue weighted by Gasteiger charge is -2.05. The molecule has 0 radical (unpaired) electrons. The molecule has 1 N–H and O–H groups in total. The zero-order chi connectivity index (χ0) is 19.2. The second-order valence-corrected chi connectivity index (χ2v) is 6.93. The van der Waals surface area contributed by atoms with Gasteiger partial charge in [0.25, 0.3) is 5.91 Å². The van der Waals surface area contributed by atoms with Crippen molar-refractivity contribution in [2.45, 2.75) is 39.2 Å². The number of furan rings is 1. The van der Waals surface area contributed by atoms with E-state index in [0.717, 1.165) is 17.8 Å². The van der Waals surface area contributed by atoms with Crippen LogP contribution in [0.1, 0.15) is 53.9 Å². The van der Waals surface area contributed by atoms with Gasteiger partial charge < -0.3 is 9.15 Å². The minimum atomic E-state index is -0.393. The third kappa shape index (κ3) is 4.91. The van der Waals surface area contributed by atoms with Crippen LogP contribution in [0.3, 0.4) is 0 Å². The molecule has 3 rings (SSSR count). The van der Waals surface area contributed by atoms with E-state index >= 15 is 0 Å². The average Bonchev–Trinajstić information content (AvgIpc) is 3.32. The SMILES string of the molecule is CCC(CC)c1nnc(NC(=O)c2ccc(COc3ccc(F)cc3)o2)s1. The molecule has 3 aromatic rings. The van der Waals surface area contributed by atoms with Crippen LogP contribution in [-0.2, 0) is 6.61 Å². The van der Waals surface area contributed by atoms with Crippen molar-refractivity contribution in [1.82, 2.24) is 10.2 Å². The number of aromatic nitrogens is 2. The van der Waals surface area contributed by atoms with Gasteiger partial charge in [0.15, 0.2) is 5.76 Å². The Morgan fingerprint density at radius 1 is 1.19 bits per heavy atom. The number of carbonyl (C=O) groups is 1. The van der Waals surface area contributed by atoms with Crippen LogP contribution in [0.25, 0.3) is 0 Å². The molecular weight excluding hydrogens is 369 g/mol. The molecule has 2 aromatic heterocycles. The first-order valence-electron chi connectivity index (χ1n) is 8.70. The van der Waals surface area contributed by atoms with Gasteiger partial charge >= 0.3 is 0 Å². The number of carbonyl (C=O) groups excluding carboxylic acids is 1. The fraction of sp³-hybridized carbons (Fsp3) is 0.316. The lowest BCUT2D eigenvalue weighted by Crippen LogP contribution is -2.10. The van der Waals surface area contributed by atoms with E-state index in [2.05, 4.69) is 29.4 Å². The van der Waals surface area contributed by atoms with E-state index in [4.69, 9.17) is 9.15 Å². The quantitative estimate of drug-likeness (QED) is 0.586. The Bertz CT molecular complexity index is 888. The summed E-state index contributed by atoms with van der Waals surface area (Å²) >= 11 is 1.38. The molecule has 0 atom stereocenters. The van der Waals surface area contributed by atoms with E-state index in [1.807, 2.05) is 0 Å². The van der Waals surface area contributed by atoms with E-state index in [-0.39, 0.29) is 18.2 Å². The van der Waals surface area contributed by atoms with Gasteiger partial charge in [0.2, 0.25) is 5.13 Å². The highest BCUT2D eigenvalue weighted by Gasteiger charge is 2.17. The van der Waals surface area contributed by atoms with E-state index < -0.39 is 5.91 Å². The molecule has 2 heterocycles. The van der Waals surface area contributed by atoms with Crippen LogP contribution in [0.2, 0.25) is 0 Å². The fourth-order valence-electron chi connectivity index (χ4n) is 2.51. The van der Waals surface area contributed by atoms with Crippen molar-refractivity contribution in [2.75, 3.05) is 5.32 Å². The van der Waals surface area contributed by atoms with Crippen molar-refractivity contribution >= 4 is 22.4 Å². The summed E-state index contributed by atoms with van der Waals surface area (Å²) in [5.41, 5.74) is 0. The molecule has 0 aliphatic carbocycles. The number of hydrogen-bond acceptors (Lipinski definition) is 6. The number of ether oxygens (including phenoxy) is 1. The summed E-state index contributed by atoms with van der Waals surface area (Å²) in [5.74, 6) is 0.790. The first kappa shape index (κ1) is 19.0. The van der Waals surface area contributed by atoms with E-state index in [0.29, 0.717) is 22.6 Å². The molecule has 0 aliphatic heterocycles. The Labute approximate surface area is 160 Å². The van der Waals surface area contributed by atoms with Gasteiger partial charge in [-0.2, -0.15) is 0 Å². The molecule has 0 spiro atoms. The lowest BCUT2D eigenvalue weighted by atomic mass is 10.1. The van der Waals surface area contributed by atoms with Crippen LogP contribution in [0, 0.1) is 5.82 Å². The zero-order valence-electron chi connectivity index (χ0n) is 15.1. The van der Waals surface area contributed by atoms with Gasteiger partial charge in [-0.3, -0.25) is 10.1 Å². The van der Waals surface area contributed by atoms with Crippen molar-refractivity contribution in [2.24, 2.45) is 0 Å². The third-order valence-electron chi connectivity index (χ3n) is 4.08. The second-order valence-electron chi connectivity index (χ2n) is 5.92. The molecule has 6 nitrogen and oxygen atoms in total. The Morgan fingerprint density at radius 3 is 2.63 bits per heavy atom. The molecular formula is C19H20FN3O3S. The van der Waals surface area contributed by atoms with Crippen LogP contribution < -0.4 is 10.1 Å². The summed E-state index contributed by atoms with van der Waals surface area (Å²) in [6.07, 6.45) is 1.96. The van der Waals surface area contributed by atoms with Gasteiger partial charge in [-0.15, -0.1) is 10.2 Å². The molecule has 8 heteroatoms. The number of benzene rings is 1. The van der Waals surface area contributed by atoms with E-state index in [1.165, 1.54) is 35.6 Å². The summed E-state index contributed by atoms with van der Waals surface area (Å²) in [7, 11) is 0. The molecule has 142 valence electrons. The molecule has 0 unspecified atom stereocenters. The molecule has 1 amide bonds. The normalized spacial score (nSPS) is 11.0. The average molecular weight is 389 g/mol. The van der Waals surface area contributed by atoms with Crippen LogP contribution in [0.5, 0.6) is 5.75 Å². The van der Waals surface area contributed by atoms with Gasteiger partial charge in [-0.1, -0.05) is 25.2 Å². The smallest absolute Gasteiger partial charge is 0.293 e. The van der Waals surface area contributed by atoms with Crippen molar-refractivity contribution in [3.05, 3.63) is 58.7 Å². The first-order chi connectivity index (χ1) is 13.1. The van der Waals surface area contributed by atoms with Crippen LogP contribution in [0.15, 0.2) is 40.8 Å². The highest BCUT2D eigenvalue weighted by molar-refractivity contribution is 7.15. The maximum absolute atomic E-state index is 12.9. The number of anilines is 1. The minimum absolute atomic E-state index is 0.135. The van der Waals surface area contributed by atoms with Crippen molar-refractivity contribution in [1.29, 1.82) is 0 Å². The first-order valence-corrected chi connectivity index (χ1v) is 9.52. The molecule has 0 fully saturated rings. The Balaban J connectivity index is 1.57. The largest absolute Gasteiger partial charge is 0.486 e.